The summed E-state index contributed by atoms with van der Waals surface area (Å²) in [6, 6.07) is 8.43. The van der Waals surface area contributed by atoms with Gasteiger partial charge >= 0.3 is 5.97 Å². The van der Waals surface area contributed by atoms with Gasteiger partial charge in [-0.2, -0.15) is 0 Å². The Labute approximate surface area is 198 Å². The minimum atomic E-state index is -0.508. The Bertz CT molecular complexity index is 685. The number of nitrogens with one attached hydrogen (secondary N) is 2. The van der Waals surface area contributed by atoms with E-state index >= 15 is 0 Å². The molecule has 0 saturated carbocycles. The predicted molar refractivity (Wildman–Crippen MR) is 132 cm³/mol. The second-order valence-electron chi connectivity index (χ2n) is 8.20. The second kappa shape index (κ2) is 13.0. The van der Waals surface area contributed by atoms with Crippen LogP contribution < -0.4 is 15.4 Å². The number of ether oxygens (including phenoxy) is 2. The molecule has 30 heavy (non-hydrogen) atoms. The van der Waals surface area contributed by atoms with Gasteiger partial charge in [0.15, 0.2) is 5.96 Å². The number of aliphatic imine (C=N–C) groups is 1. The maximum absolute atomic E-state index is 12.0. The lowest BCUT2D eigenvalue weighted by Crippen LogP contribution is -2.43. The monoisotopic (exact) mass is 532 g/mol. The number of carbonyl (C=O) groups excluding carboxylic acids is 1. The van der Waals surface area contributed by atoms with Crippen LogP contribution >= 0.6 is 24.0 Å². The van der Waals surface area contributed by atoms with E-state index in [1.54, 1.807) is 7.11 Å². The normalized spacial score (nSPS) is 15.8. The van der Waals surface area contributed by atoms with Crippen molar-refractivity contribution < 1.29 is 14.3 Å². The molecule has 1 aromatic carbocycles. The summed E-state index contributed by atoms with van der Waals surface area (Å²) in [5.74, 6) is 1.14. The Morgan fingerprint density at radius 2 is 1.93 bits per heavy atom. The predicted octanol–water partition coefficient (Wildman–Crippen LogP) is 3.35. The molecule has 1 saturated heterocycles. The summed E-state index contributed by atoms with van der Waals surface area (Å²) in [7, 11) is 1.69. The van der Waals surface area contributed by atoms with Crippen LogP contribution in [0.15, 0.2) is 29.3 Å². The van der Waals surface area contributed by atoms with E-state index in [0.29, 0.717) is 19.0 Å². The topological polar surface area (TPSA) is 75.2 Å². The fraction of sp³-hybridized carbons (Fsp3) is 0.636. The first kappa shape index (κ1) is 26.5. The highest BCUT2D eigenvalue weighted by molar-refractivity contribution is 14.0. The van der Waals surface area contributed by atoms with Gasteiger partial charge in [0, 0.05) is 13.1 Å². The number of guanidine groups is 1. The Hall–Kier alpha value is -1.55. The number of benzene rings is 1. The number of likely N-dealkylation sites (tertiary alicyclic amines) is 1. The average molecular weight is 532 g/mol. The number of esters is 1. The van der Waals surface area contributed by atoms with Gasteiger partial charge in [-0.05, 0) is 71.3 Å². The fourth-order valence-electron chi connectivity index (χ4n) is 3.41. The van der Waals surface area contributed by atoms with Crippen LogP contribution in [0.4, 0.5) is 0 Å². The number of carbonyl (C=O) groups is 1. The van der Waals surface area contributed by atoms with Crippen LogP contribution in [-0.4, -0.2) is 62.3 Å². The highest BCUT2D eigenvalue weighted by Gasteiger charge is 2.24. The van der Waals surface area contributed by atoms with Gasteiger partial charge in [0.25, 0.3) is 0 Å². The van der Waals surface area contributed by atoms with E-state index in [2.05, 4.69) is 32.7 Å². The Morgan fingerprint density at radius 1 is 1.23 bits per heavy atom. The summed E-state index contributed by atoms with van der Waals surface area (Å²) < 4.78 is 10.8. The largest absolute Gasteiger partial charge is 0.497 e. The highest BCUT2D eigenvalue weighted by atomic mass is 127. The lowest BCUT2D eigenvalue weighted by atomic mass is 10.1. The zero-order valence-corrected chi connectivity index (χ0v) is 21.2. The van der Waals surface area contributed by atoms with Gasteiger partial charge in [-0.3, -0.25) is 9.69 Å². The minimum absolute atomic E-state index is 0. The summed E-state index contributed by atoms with van der Waals surface area (Å²) in [6.07, 6.45) is 2.43. The Kier molecular flexibility index (Phi) is 11.5. The summed E-state index contributed by atoms with van der Waals surface area (Å²) in [6.45, 7) is 11.1. The molecule has 1 fully saturated rings. The lowest BCUT2D eigenvalue weighted by Gasteiger charge is -2.29. The third-order valence-corrected chi connectivity index (χ3v) is 4.65. The molecular formula is C22H37IN4O3. The van der Waals surface area contributed by atoms with Crippen LogP contribution in [-0.2, 0) is 9.53 Å². The molecule has 2 N–H and O–H groups in total. The van der Waals surface area contributed by atoms with Gasteiger partial charge in [0.1, 0.15) is 17.9 Å². The van der Waals surface area contributed by atoms with Crippen LogP contribution in [0.5, 0.6) is 5.75 Å². The number of nitrogens with zero attached hydrogens (tertiary/aromatic N) is 2. The maximum atomic E-state index is 12.0. The zero-order chi connectivity index (χ0) is 21.3. The van der Waals surface area contributed by atoms with Crippen molar-refractivity contribution in [1.29, 1.82) is 0 Å². The summed E-state index contributed by atoms with van der Waals surface area (Å²) in [4.78, 5) is 18.9. The van der Waals surface area contributed by atoms with Gasteiger partial charge < -0.3 is 20.1 Å². The van der Waals surface area contributed by atoms with Crippen molar-refractivity contribution >= 4 is 35.9 Å². The molecule has 0 aromatic heterocycles. The van der Waals surface area contributed by atoms with E-state index in [1.807, 2.05) is 39.8 Å². The molecule has 0 radical (unpaired) electrons. The fourth-order valence-corrected chi connectivity index (χ4v) is 3.41. The number of rotatable bonds is 8. The van der Waals surface area contributed by atoms with Crippen LogP contribution in [0.3, 0.4) is 0 Å². The van der Waals surface area contributed by atoms with Gasteiger partial charge in [-0.15, -0.1) is 24.0 Å². The van der Waals surface area contributed by atoms with Gasteiger partial charge in [0.05, 0.1) is 13.2 Å². The third-order valence-electron chi connectivity index (χ3n) is 4.65. The number of methoxy groups -OCH3 is 1. The molecule has 0 bridgehead atoms. The van der Waals surface area contributed by atoms with E-state index < -0.39 is 5.60 Å². The van der Waals surface area contributed by atoms with Crippen LogP contribution in [0.1, 0.15) is 52.1 Å². The van der Waals surface area contributed by atoms with Crippen LogP contribution in [0.25, 0.3) is 0 Å². The first-order chi connectivity index (χ1) is 13.8. The third kappa shape index (κ3) is 9.07. The molecule has 1 atom stereocenters. The molecule has 1 aliphatic heterocycles. The van der Waals surface area contributed by atoms with Crippen LogP contribution in [0.2, 0.25) is 0 Å². The maximum Gasteiger partial charge on any atom is 0.328 e. The molecule has 8 heteroatoms. The van der Waals surface area contributed by atoms with E-state index in [0.717, 1.165) is 18.8 Å². The molecule has 7 nitrogen and oxygen atoms in total. The van der Waals surface area contributed by atoms with Gasteiger partial charge in [-0.1, -0.05) is 12.1 Å². The van der Waals surface area contributed by atoms with Crippen LogP contribution in [0, 0.1) is 0 Å². The standard InChI is InChI=1S/C22H36N4O3.HI/c1-6-23-21(25-16-20(27)29-22(2,3)4)24-15-19(26-12-7-8-13-26)17-10-9-11-18(14-17)28-5;/h9-11,14,19H,6-8,12-13,15-16H2,1-5H3,(H2,23,24,25);1H. The molecule has 0 aliphatic carbocycles. The zero-order valence-electron chi connectivity index (χ0n) is 18.9. The van der Waals surface area contributed by atoms with Crippen molar-refractivity contribution in [3.63, 3.8) is 0 Å². The summed E-state index contributed by atoms with van der Waals surface area (Å²) in [5.41, 5.74) is 0.702. The average Bonchev–Trinajstić information content (AvgIpc) is 3.19. The van der Waals surface area contributed by atoms with Crippen molar-refractivity contribution in [3.8, 4) is 5.75 Å². The number of hydrogen-bond acceptors (Lipinski definition) is 5. The SMILES string of the molecule is CCNC(=NCC(=O)OC(C)(C)C)NCC(c1cccc(OC)c1)N1CCCC1.I. The smallest absolute Gasteiger partial charge is 0.328 e. The number of halogens is 1. The van der Waals surface area contributed by atoms with Gasteiger partial charge in [0.2, 0.25) is 0 Å². The second-order valence-corrected chi connectivity index (χ2v) is 8.20. The molecular weight excluding hydrogens is 495 g/mol. The quantitative estimate of drug-likeness (QED) is 0.232. The first-order valence-electron chi connectivity index (χ1n) is 10.4. The van der Waals surface area contributed by atoms with E-state index in [1.165, 1.54) is 18.4 Å². The van der Waals surface area contributed by atoms with E-state index in [9.17, 15) is 4.79 Å². The highest BCUT2D eigenvalue weighted by Crippen LogP contribution is 2.27. The Morgan fingerprint density at radius 3 is 2.53 bits per heavy atom. The Balaban J connectivity index is 0.00000450. The summed E-state index contributed by atoms with van der Waals surface area (Å²) >= 11 is 0. The molecule has 2 rings (SSSR count). The van der Waals surface area contributed by atoms with Gasteiger partial charge in [-0.25, -0.2) is 4.99 Å². The van der Waals surface area contributed by atoms with Crippen molar-refractivity contribution in [2.75, 3.05) is 39.8 Å². The van der Waals surface area contributed by atoms with E-state index in [4.69, 9.17) is 9.47 Å². The molecule has 170 valence electrons. The molecule has 1 aliphatic rings. The molecule has 1 aromatic rings. The van der Waals surface area contributed by atoms with Crippen molar-refractivity contribution in [2.24, 2.45) is 4.99 Å². The number of hydrogen-bond donors (Lipinski definition) is 2. The van der Waals surface area contributed by atoms with E-state index in [-0.39, 0.29) is 42.5 Å². The van der Waals surface area contributed by atoms with Crippen molar-refractivity contribution in [3.05, 3.63) is 29.8 Å². The first-order valence-corrected chi connectivity index (χ1v) is 10.4. The minimum Gasteiger partial charge on any atom is -0.497 e. The lowest BCUT2D eigenvalue weighted by molar-refractivity contribution is -0.152. The summed E-state index contributed by atoms with van der Waals surface area (Å²) in [5, 5.41) is 6.61. The van der Waals surface area contributed by atoms with Crippen molar-refractivity contribution in [1.82, 2.24) is 15.5 Å². The molecule has 1 heterocycles. The molecule has 0 spiro atoms. The molecule has 1 unspecified atom stereocenters. The molecule has 0 amide bonds. The van der Waals surface area contributed by atoms with Crippen molar-refractivity contribution in [2.45, 2.75) is 52.2 Å².